The second kappa shape index (κ2) is 22.0. The normalized spacial score (nSPS) is 22.0. The molecule has 1 unspecified atom stereocenters. The number of allylic oxidation sites excluding steroid dienone is 1. The van der Waals surface area contributed by atoms with Crippen LogP contribution in [0, 0.1) is 5.82 Å². The fraction of sp³-hybridized carbons (Fsp3) is 0.418. The number of unbranched alkanes of at least 4 members (excludes halogenated alkanes) is 2. The maximum Gasteiger partial charge on any atom is 0.264 e. The van der Waals surface area contributed by atoms with Gasteiger partial charge in [-0.25, -0.2) is 4.39 Å². The lowest BCUT2D eigenvalue weighted by Gasteiger charge is -2.47. The Hall–Kier alpha value is -5.97. The predicted octanol–water partition coefficient (Wildman–Crippen LogP) is 9.48. The van der Waals surface area contributed by atoms with E-state index >= 15 is 4.39 Å². The van der Waals surface area contributed by atoms with Gasteiger partial charge in [-0.15, -0.1) is 0 Å². The molecule has 2 saturated heterocycles. The Balaban J connectivity index is 0.691. The van der Waals surface area contributed by atoms with E-state index in [0.29, 0.717) is 117 Å². The first-order valence-corrected chi connectivity index (χ1v) is 25.8. The molecule has 72 heavy (non-hydrogen) atoms. The Morgan fingerprint density at radius 3 is 2.26 bits per heavy atom. The maximum atomic E-state index is 16.3. The van der Waals surface area contributed by atoms with Crippen molar-refractivity contribution in [3.8, 4) is 0 Å². The summed E-state index contributed by atoms with van der Waals surface area (Å²) in [5.41, 5.74) is 1.85. The number of nitrogens with one attached hydrogen (secondary N) is 5. The number of carbonyl (C=O) groups excluding carboxylic acids is 6. The van der Waals surface area contributed by atoms with Gasteiger partial charge in [0.2, 0.25) is 17.7 Å². The monoisotopic (exact) mass is 1020 g/mol. The molecular formula is C55H59Cl2FN6O8. The van der Waals surface area contributed by atoms with E-state index in [1.54, 1.807) is 66.7 Å². The van der Waals surface area contributed by atoms with Crippen molar-refractivity contribution >= 4 is 75.6 Å². The topological polar surface area (TPSA) is 184 Å². The largest absolute Gasteiger partial charge is 0.384 e. The Bertz CT molecular complexity index is 2780. The minimum atomic E-state index is -1.35. The second-order valence-corrected chi connectivity index (χ2v) is 20.2. The molecule has 4 heterocycles. The molecule has 5 amide bonds. The second-order valence-electron chi connectivity index (χ2n) is 19.4. The molecule has 1 aliphatic carbocycles. The number of ether oxygens (including phenoxy) is 2. The molecule has 378 valence electrons. The van der Waals surface area contributed by atoms with Crippen molar-refractivity contribution in [3.63, 3.8) is 0 Å². The molecular weight excluding hydrogens is 963 g/mol. The molecule has 2 spiro atoms. The van der Waals surface area contributed by atoms with Crippen LogP contribution in [-0.2, 0) is 29.3 Å². The number of hydrogen-bond acceptors (Lipinski definition) is 10. The van der Waals surface area contributed by atoms with Gasteiger partial charge in [0.1, 0.15) is 17.3 Å². The lowest BCUT2D eigenvalue weighted by molar-refractivity contribution is -0.125. The minimum absolute atomic E-state index is 0.0263. The predicted molar refractivity (Wildman–Crippen MR) is 273 cm³/mol. The van der Waals surface area contributed by atoms with Crippen LogP contribution in [0.1, 0.15) is 132 Å². The summed E-state index contributed by atoms with van der Waals surface area (Å²) in [6, 6.07) is 19.9. The highest BCUT2D eigenvalue weighted by atomic mass is 35.5. The van der Waals surface area contributed by atoms with Gasteiger partial charge in [-0.05, 0) is 124 Å². The number of benzene rings is 4. The van der Waals surface area contributed by atoms with E-state index in [2.05, 4.69) is 33.2 Å². The van der Waals surface area contributed by atoms with Crippen molar-refractivity contribution in [1.82, 2.24) is 15.5 Å². The van der Waals surface area contributed by atoms with E-state index in [-0.39, 0.29) is 33.4 Å². The number of Topliss-reactive ketones (excluding diaryl/α,β-unsaturated/α-hetero) is 1. The minimum Gasteiger partial charge on any atom is -0.384 e. The number of halogens is 3. The molecule has 9 rings (SSSR count). The summed E-state index contributed by atoms with van der Waals surface area (Å²) in [5, 5.41) is 15.9. The van der Waals surface area contributed by atoms with Gasteiger partial charge >= 0.3 is 0 Å². The molecule has 0 bridgehead atoms. The van der Waals surface area contributed by atoms with Crippen molar-refractivity contribution < 1.29 is 42.6 Å². The van der Waals surface area contributed by atoms with Crippen LogP contribution in [-0.4, -0.2) is 90.8 Å². The van der Waals surface area contributed by atoms with E-state index in [1.807, 2.05) is 6.07 Å². The number of fused-ring (bicyclic) bond motifs is 4. The highest BCUT2D eigenvalue weighted by Crippen LogP contribution is 2.63. The van der Waals surface area contributed by atoms with Crippen molar-refractivity contribution in [2.24, 2.45) is 0 Å². The average Bonchev–Trinajstić information content (AvgIpc) is 3.93. The molecule has 5 N–H and O–H groups in total. The van der Waals surface area contributed by atoms with Crippen LogP contribution >= 0.6 is 23.2 Å². The number of nitrogens with zero attached hydrogens (tertiary/aromatic N) is 1. The Labute approximate surface area is 428 Å². The third-order valence-corrected chi connectivity index (χ3v) is 15.4. The first kappa shape index (κ1) is 51.0. The summed E-state index contributed by atoms with van der Waals surface area (Å²) in [6.45, 7) is 6.50. The Morgan fingerprint density at radius 1 is 0.819 bits per heavy atom. The fourth-order valence-electron chi connectivity index (χ4n) is 11.6. The summed E-state index contributed by atoms with van der Waals surface area (Å²) >= 11 is 12.8. The highest BCUT2D eigenvalue weighted by Gasteiger charge is 2.72. The van der Waals surface area contributed by atoms with Crippen molar-refractivity contribution in [2.75, 3.05) is 48.9 Å². The third-order valence-electron chi connectivity index (χ3n) is 14.9. The summed E-state index contributed by atoms with van der Waals surface area (Å²) in [6.07, 6.45) is 8.72. The van der Waals surface area contributed by atoms with Crippen LogP contribution in [0.4, 0.5) is 21.5 Å². The zero-order valence-corrected chi connectivity index (χ0v) is 41.5. The smallest absolute Gasteiger partial charge is 0.264 e. The maximum absolute atomic E-state index is 16.3. The lowest BCUT2D eigenvalue weighted by Crippen LogP contribution is -2.60. The third kappa shape index (κ3) is 9.81. The van der Waals surface area contributed by atoms with Gasteiger partial charge in [-0.1, -0.05) is 73.3 Å². The fourth-order valence-corrected chi connectivity index (χ4v) is 11.9. The van der Waals surface area contributed by atoms with E-state index in [0.717, 1.165) is 43.4 Å². The van der Waals surface area contributed by atoms with Crippen molar-refractivity contribution in [2.45, 2.75) is 112 Å². The van der Waals surface area contributed by atoms with Crippen molar-refractivity contribution in [3.05, 3.63) is 135 Å². The SMILES string of the molecule is C=C1CCC(N2C(=O)c3cccc(NCCCOCCCCOCCCCC(=O)c4ccc(NC(=O)[C@@H]5NC6(CCCCC6)[C@@]6(C(=O)Nc7cc(Cl)ccc76)[C@H]5c5cccc(Cl)c5F)cc4)c3C2=O)C(=O)N1. The molecule has 4 aromatic rings. The van der Waals surface area contributed by atoms with Gasteiger partial charge in [0.15, 0.2) is 5.78 Å². The van der Waals surface area contributed by atoms with Gasteiger partial charge in [0.25, 0.3) is 11.8 Å². The zero-order valence-electron chi connectivity index (χ0n) is 40.0. The number of rotatable bonds is 20. The molecule has 17 heteroatoms. The number of amides is 5. The summed E-state index contributed by atoms with van der Waals surface area (Å²) < 4.78 is 27.9. The molecule has 4 aromatic carbocycles. The van der Waals surface area contributed by atoms with Crippen LogP contribution in [0.2, 0.25) is 10.0 Å². The summed E-state index contributed by atoms with van der Waals surface area (Å²) in [4.78, 5) is 82.4. The first-order chi connectivity index (χ1) is 34.8. The van der Waals surface area contributed by atoms with E-state index in [1.165, 1.54) is 6.07 Å². The highest BCUT2D eigenvalue weighted by molar-refractivity contribution is 6.31. The molecule has 3 fully saturated rings. The van der Waals surface area contributed by atoms with Crippen LogP contribution in [0.15, 0.2) is 91.1 Å². The lowest BCUT2D eigenvalue weighted by atomic mass is 9.55. The number of hydrogen-bond donors (Lipinski definition) is 5. The summed E-state index contributed by atoms with van der Waals surface area (Å²) in [5.74, 6) is -3.75. The van der Waals surface area contributed by atoms with Crippen LogP contribution in [0.5, 0.6) is 0 Å². The standard InChI is InChI=1S/C55H59Cl2FN6O8/c1-33-17-24-43(49(66)60-33)64-51(68)37-12-10-15-41(45(37)52(64)69)59-27-11-31-72-30-8-7-29-71-28-6-3-16-44(65)34-18-21-36(22-19-34)61-50(67)48-46(38-13-9-14-40(57)47(38)58)55(54(63-48)25-4-2-5-26-54)39-23-20-35(56)32-42(39)62-53(55)70/h9-10,12-15,18-23,32,43,46,48,59,63H,1-8,11,16-17,24-31H2,(H,60,66)(H,61,67)(H,62,70)/t43?,46-,48+,55+/m0/s1. The molecule has 1 saturated carbocycles. The number of imide groups is 1. The van der Waals surface area contributed by atoms with E-state index in [4.69, 9.17) is 32.7 Å². The Morgan fingerprint density at radius 2 is 1.53 bits per heavy atom. The number of ketones is 1. The number of carbonyl (C=O) groups is 6. The molecule has 14 nitrogen and oxygen atoms in total. The molecule has 5 aliphatic rings. The molecule has 0 aromatic heterocycles. The van der Waals surface area contributed by atoms with Gasteiger partial charge in [0, 0.05) is 84.2 Å². The Kier molecular flexibility index (Phi) is 15.6. The van der Waals surface area contributed by atoms with Crippen molar-refractivity contribution in [1.29, 1.82) is 0 Å². The number of piperidine rings is 1. The van der Waals surface area contributed by atoms with Crippen LogP contribution in [0.3, 0.4) is 0 Å². The van der Waals surface area contributed by atoms with Gasteiger partial charge in [-0.2, -0.15) is 0 Å². The first-order valence-electron chi connectivity index (χ1n) is 25.0. The molecule has 4 atom stereocenters. The molecule has 0 radical (unpaired) electrons. The summed E-state index contributed by atoms with van der Waals surface area (Å²) in [7, 11) is 0. The van der Waals surface area contributed by atoms with E-state index < -0.39 is 58.4 Å². The van der Waals surface area contributed by atoms with Crippen LogP contribution in [0.25, 0.3) is 0 Å². The van der Waals surface area contributed by atoms with E-state index in [9.17, 15) is 28.8 Å². The van der Waals surface area contributed by atoms with Crippen LogP contribution < -0.4 is 26.6 Å². The van der Waals surface area contributed by atoms with Gasteiger partial charge in [0.05, 0.1) is 22.2 Å². The van der Waals surface area contributed by atoms with Gasteiger partial charge < -0.3 is 30.7 Å². The number of anilines is 3. The quantitative estimate of drug-likeness (QED) is 0.0325. The average molecular weight is 1020 g/mol. The zero-order chi connectivity index (χ0) is 50.6. The molecule has 4 aliphatic heterocycles. The van der Waals surface area contributed by atoms with Gasteiger partial charge in [-0.3, -0.25) is 39.0 Å².